The van der Waals surface area contributed by atoms with Crippen molar-refractivity contribution in [3.63, 3.8) is 0 Å². The molecule has 1 unspecified atom stereocenters. The molecule has 1 aromatic carbocycles. The van der Waals surface area contributed by atoms with E-state index in [-0.39, 0.29) is 17.9 Å². The highest BCUT2D eigenvalue weighted by Crippen LogP contribution is 2.16. The van der Waals surface area contributed by atoms with E-state index in [4.69, 9.17) is 31.8 Å². The van der Waals surface area contributed by atoms with Gasteiger partial charge < -0.3 is 36.9 Å². The fraction of sp³-hybridized carbons (Fsp3) is 0.517. The van der Waals surface area contributed by atoms with Gasteiger partial charge in [-0.15, -0.1) is 0 Å². The highest BCUT2D eigenvalue weighted by atomic mass is 16.5. The monoisotopic (exact) mass is 616 g/mol. The first kappa shape index (κ1) is 35.7. The minimum atomic E-state index is -1.00. The summed E-state index contributed by atoms with van der Waals surface area (Å²) in [5.41, 5.74) is 18.1. The van der Waals surface area contributed by atoms with Gasteiger partial charge in [0.2, 0.25) is 0 Å². The van der Waals surface area contributed by atoms with E-state index in [0.717, 1.165) is 24.1 Å². The minimum absolute atomic E-state index is 0.0129. The number of carbonyl (C=O) groups is 2. The Balaban J connectivity index is 0.000000477. The Morgan fingerprint density at radius 3 is 2.36 bits per heavy atom. The second kappa shape index (κ2) is 17.6. The zero-order chi connectivity index (χ0) is 32.8. The molecule has 2 aromatic heterocycles. The number of nitrogens with two attached hydrogens (primary N) is 3. The number of aliphatic carboxylic acids is 2. The van der Waals surface area contributed by atoms with Crippen LogP contribution in [0.5, 0.6) is 5.75 Å². The fourth-order valence-electron chi connectivity index (χ4n) is 4.34. The molecule has 2 heterocycles. The van der Waals surface area contributed by atoms with Crippen LogP contribution in [-0.4, -0.2) is 79.3 Å². The van der Waals surface area contributed by atoms with Crippen molar-refractivity contribution in [2.24, 2.45) is 29.2 Å². The molecule has 0 aliphatic carbocycles. The van der Waals surface area contributed by atoms with Gasteiger partial charge in [-0.05, 0) is 50.8 Å². The summed E-state index contributed by atoms with van der Waals surface area (Å²) in [6.07, 6.45) is 2.09. The summed E-state index contributed by atoms with van der Waals surface area (Å²) < 4.78 is 14.3. The van der Waals surface area contributed by atoms with Crippen LogP contribution in [0.4, 0.5) is 0 Å². The zero-order valence-corrected chi connectivity index (χ0v) is 25.7. The van der Waals surface area contributed by atoms with Crippen LogP contribution in [0.15, 0.2) is 34.1 Å². The van der Waals surface area contributed by atoms with E-state index in [1.54, 1.807) is 35.4 Å². The molecule has 242 valence electrons. The number of carboxylic acids is 2. The van der Waals surface area contributed by atoms with Crippen molar-refractivity contribution in [1.82, 2.24) is 19.3 Å². The van der Waals surface area contributed by atoms with E-state index in [2.05, 4.69) is 22.0 Å². The molecule has 3 aromatic rings. The Hall–Kier alpha value is -4.50. The number of aromatic nitrogens is 4. The average molecular weight is 617 g/mol. The maximum atomic E-state index is 13.0. The number of aliphatic imine (C=N–C) groups is 1. The summed E-state index contributed by atoms with van der Waals surface area (Å²) in [7, 11) is 1.77. The molecule has 0 spiro atoms. The lowest BCUT2D eigenvalue weighted by Crippen LogP contribution is -2.30. The summed E-state index contributed by atoms with van der Waals surface area (Å²) in [4.78, 5) is 42.8. The lowest BCUT2D eigenvalue weighted by Gasteiger charge is -2.13. The van der Waals surface area contributed by atoms with E-state index in [1.807, 2.05) is 19.1 Å². The molecule has 0 aliphatic heterocycles. The van der Waals surface area contributed by atoms with Crippen molar-refractivity contribution in [2.75, 3.05) is 19.8 Å². The predicted molar refractivity (Wildman–Crippen MR) is 166 cm³/mol. The fourth-order valence-corrected chi connectivity index (χ4v) is 4.34. The molecular weight excluding hydrogens is 572 g/mol. The number of fused-ring (bicyclic) bond motifs is 1. The van der Waals surface area contributed by atoms with Crippen molar-refractivity contribution in [3.8, 4) is 5.75 Å². The Labute approximate surface area is 255 Å². The van der Waals surface area contributed by atoms with E-state index in [9.17, 15) is 19.5 Å². The molecule has 15 heteroatoms. The van der Waals surface area contributed by atoms with Crippen LogP contribution in [0.3, 0.4) is 0 Å². The van der Waals surface area contributed by atoms with Crippen molar-refractivity contribution in [2.45, 2.75) is 71.6 Å². The van der Waals surface area contributed by atoms with E-state index < -0.39 is 24.1 Å². The van der Waals surface area contributed by atoms with Gasteiger partial charge in [-0.3, -0.25) is 23.8 Å². The van der Waals surface area contributed by atoms with E-state index in [0.29, 0.717) is 61.8 Å². The number of benzene rings is 1. The maximum absolute atomic E-state index is 13.0. The smallest absolute Gasteiger partial charge is 0.333 e. The molecule has 0 saturated carbocycles. The summed E-state index contributed by atoms with van der Waals surface area (Å²) in [5, 5.41) is 22.1. The molecule has 8 N–H and O–H groups in total. The molecule has 44 heavy (non-hydrogen) atoms. The van der Waals surface area contributed by atoms with Gasteiger partial charge in [-0.1, -0.05) is 25.5 Å². The van der Waals surface area contributed by atoms with Gasteiger partial charge >= 0.3 is 11.9 Å². The van der Waals surface area contributed by atoms with Crippen LogP contribution in [0.1, 0.15) is 50.2 Å². The molecular formula is C29H44N8O7. The largest absolute Gasteiger partial charge is 0.492 e. The first-order valence-electron chi connectivity index (χ1n) is 14.4. The third kappa shape index (κ3) is 10.6. The third-order valence-corrected chi connectivity index (χ3v) is 6.55. The molecule has 0 bridgehead atoms. The van der Waals surface area contributed by atoms with Crippen LogP contribution in [0.2, 0.25) is 0 Å². The number of guanidine groups is 1. The predicted octanol–water partition coefficient (Wildman–Crippen LogP) is 0.954. The number of aryl methyl sites for hydroxylation is 3. The lowest BCUT2D eigenvalue weighted by atomic mass is 10.1. The molecule has 0 fully saturated rings. The van der Waals surface area contributed by atoms with Gasteiger partial charge in [0, 0.05) is 26.6 Å². The van der Waals surface area contributed by atoms with Gasteiger partial charge in [0.1, 0.15) is 29.7 Å². The number of nitrogens with zero attached hydrogens (tertiary/aromatic N) is 5. The summed E-state index contributed by atoms with van der Waals surface area (Å²) in [6, 6.07) is 6.39. The van der Waals surface area contributed by atoms with Crippen LogP contribution in [-0.2, 0) is 40.8 Å². The van der Waals surface area contributed by atoms with Crippen LogP contribution >= 0.6 is 0 Å². The molecule has 3 rings (SSSR count). The first-order chi connectivity index (χ1) is 20.9. The van der Waals surface area contributed by atoms with Crippen molar-refractivity contribution >= 4 is 28.9 Å². The Bertz CT molecular complexity index is 1460. The SMILES string of the molecule is CCCc1nn(C)c2c(=O)n(CCOc3ccc(CC(OCC)C(=O)O)cc3)c(C)nc12.NC(N)=NCCC[C@H](N)C(=O)O. The Kier molecular flexibility index (Phi) is 14.3. The molecule has 0 amide bonds. The minimum Gasteiger partial charge on any atom is -0.492 e. The molecule has 0 aliphatic rings. The molecule has 0 radical (unpaired) electrons. The van der Waals surface area contributed by atoms with Crippen LogP contribution < -0.4 is 27.5 Å². The van der Waals surface area contributed by atoms with Crippen LogP contribution in [0, 0.1) is 6.92 Å². The van der Waals surface area contributed by atoms with Crippen LogP contribution in [0.25, 0.3) is 11.0 Å². The lowest BCUT2D eigenvalue weighted by molar-refractivity contribution is -0.150. The second-order valence-electron chi connectivity index (χ2n) is 10.0. The highest BCUT2D eigenvalue weighted by Gasteiger charge is 2.18. The number of hydrogen-bond acceptors (Lipinski definition) is 9. The third-order valence-electron chi connectivity index (χ3n) is 6.55. The van der Waals surface area contributed by atoms with Gasteiger partial charge in [-0.25, -0.2) is 9.78 Å². The number of hydrogen-bond donors (Lipinski definition) is 5. The van der Waals surface area contributed by atoms with Crippen molar-refractivity contribution < 1.29 is 29.3 Å². The van der Waals surface area contributed by atoms with Gasteiger partial charge in [0.25, 0.3) is 5.56 Å². The van der Waals surface area contributed by atoms with Crippen molar-refractivity contribution in [3.05, 3.63) is 51.7 Å². The first-order valence-corrected chi connectivity index (χ1v) is 14.4. The molecule has 0 saturated heterocycles. The quantitative estimate of drug-likeness (QED) is 0.0859. The zero-order valence-electron chi connectivity index (χ0n) is 25.7. The molecule has 2 atom stereocenters. The van der Waals surface area contributed by atoms with Gasteiger partial charge in [-0.2, -0.15) is 5.10 Å². The van der Waals surface area contributed by atoms with Crippen molar-refractivity contribution in [1.29, 1.82) is 0 Å². The topological polar surface area (TPSA) is 236 Å². The van der Waals surface area contributed by atoms with E-state index >= 15 is 0 Å². The standard InChI is InChI=1S/C23H30N4O5.C6H14N4O2/c1-5-7-18-20-21(26(4)25-18)22(28)27(15(3)24-20)12-13-32-17-10-8-16(9-11-17)14-19(23(29)30)31-6-2;7-4(5(11)12)2-1-3-10-6(8)9/h8-11,19H,5-7,12-14H2,1-4H3,(H,29,30);4H,1-3,7H2,(H,11,12)(H4,8,9,10)/t;4-/m.0/s1. The number of carboxylic acid groups (broad SMARTS) is 2. The maximum Gasteiger partial charge on any atom is 0.333 e. The Morgan fingerprint density at radius 1 is 1.11 bits per heavy atom. The number of rotatable bonds is 16. The summed E-state index contributed by atoms with van der Waals surface area (Å²) in [5.74, 6) is -0.697. The molecule has 15 nitrogen and oxygen atoms in total. The van der Waals surface area contributed by atoms with Gasteiger partial charge in [0.05, 0.1) is 12.2 Å². The Morgan fingerprint density at radius 2 is 1.80 bits per heavy atom. The summed E-state index contributed by atoms with van der Waals surface area (Å²) in [6.45, 7) is 7.07. The second-order valence-corrected chi connectivity index (χ2v) is 10.0. The average Bonchev–Trinajstić information content (AvgIpc) is 3.28. The normalized spacial score (nSPS) is 12.2. The highest BCUT2D eigenvalue weighted by molar-refractivity contribution is 5.77. The van der Waals surface area contributed by atoms with Gasteiger partial charge in [0.15, 0.2) is 17.6 Å². The van der Waals surface area contributed by atoms with E-state index in [1.165, 1.54) is 0 Å². The summed E-state index contributed by atoms with van der Waals surface area (Å²) >= 11 is 0. The number of ether oxygens (including phenoxy) is 2.